The number of anilines is 1. The van der Waals surface area contributed by atoms with Crippen molar-refractivity contribution < 1.29 is 13.7 Å². The Balaban J connectivity index is 1.37. The molecule has 2 heterocycles. The van der Waals surface area contributed by atoms with Crippen LogP contribution in [-0.4, -0.2) is 22.6 Å². The summed E-state index contributed by atoms with van der Waals surface area (Å²) < 4.78 is 19.2. The Hall–Kier alpha value is -2.54. The van der Waals surface area contributed by atoms with Gasteiger partial charge in [-0.25, -0.2) is 4.39 Å². The first kappa shape index (κ1) is 17.6. The van der Waals surface area contributed by atoms with Crippen LogP contribution in [0.25, 0.3) is 11.4 Å². The molecule has 7 heteroatoms. The molecule has 1 aliphatic carbocycles. The van der Waals surface area contributed by atoms with Crippen LogP contribution in [0.5, 0.6) is 0 Å². The van der Waals surface area contributed by atoms with Crippen molar-refractivity contribution in [3.8, 4) is 11.4 Å². The van der Waals surface area contributed by atoms with Crippen LogP contribution in [0.4, 0.5) is 10.1 Å². The molecular weight excluding hydrogens is 425 g/mol. The Morgan fingerprint density at radius 2 is 2.00 bits per heavy atom. The number of aromatic nitrogens is 2. The van der Waals surface area contributed by atoms with Gasteiger partial charge in [-0.3, -0.25) is 4.79 Å². The number of hydrogen-bond donors (Lipinski definition) is 0. The van der Waals surface area contributed by atoms with Crippen LogP contribution in [0.1, 0.15) is 35.8 Å². The van der Waals surface area contributed by atoms with Crippen molar-refractivity contribution in [2.24, 2.45) is 0 Å². The number of carbonyl (C=O) groups excluding carboxylic acids is 1. The number of aryl methyl sites for hydroxylation is 2. The maximum atomic E-state index is 13.4. The van der Waals surface area contributed by atoms with Gasteiger partial charge in [0.25, 0.3) is 0 Å². The first-order chi connectivity index (χ1) is 13.6. The monoisotopic (exact) mass is 441 g/mol. The summed E-state index contributed by atoms with van der Waals surface area (Å²) in [6.45, 7) is 0.520. The normalized spacial score (nSPS) is 18.7. The molecule has 2 aromatic carbocycles. The van der Waals surface area contributed by atoms with Crippen molar-refractivity contribution in [3.05, 3.63) is 63.7 Å². The molecule has 28 heavy (non-hydrogen) atoms. The van der Waals surface area contributed by atoms with E-state index >= 15 is 0 Å². The van der Waals surface area contributed by atoms with Gasteiger partial charge in [-0.15, -0.1) is 0 Å². The quantitative estimate of drug-likeness (QED) is 0.593. The number of nitrogens with zero attached hydrogens (tertiary/aromatic N) is 3. The molecule has 1 aromatic heterocycles. The molecule has 1 aliphatic heterocycles. The van der Waals surface area contributed by atoms with E-state index in [2.05, 4.69) is 38.2 Å². The average Bonchev–Trinajstić information content (AvgIpc) is 3.42. The Labute approximate surface area is 169 Å². The summed E-state index contributed by atoms with van der Waals surface area (Å²) >= 11 is 3.17. The molecule has 3 aromatic rings. The second-order valence-corrected chi connectivity index (χ2v) is 8.15. The Morgan fingerprint density at radius 1 is 1.14 bits per heavy atom. The fourth-order valence-corrected chi connectivity index (χ4v) is 4.38. The maximum absolute atomic E-state index is 13.4. The lowest BCUT2D eigenvalue weighted by Crippen LogP contribution is -2.24. The number of carbonyl (C=O) groups is 1. The van der Waals surface area contributed by atoms with Crippen LogP contribution in [0.2, 0.25) is 0 Å². The van der Waals surface area contributed by atoms with Crippen molar-refractivity contribution in [3.63, 3.8) is 0 Å². The van der Waals surface area contributed by atoms with E-state index in [1.54, 1.807) is 12.1 Å². The fourth-order valence-electron chi connectivity index (χ4n) is 4.00. The van der Waals surface area contributed by atoms with Gasteiger partial charge in [-0.1, -0.05) is 11.2 Å². The van der Waals surface area contributed by atoms with Crippen molar-refractivity contribution in [2.75, 3.05) is 11.4 Å². The molecule has 5 nitrogen and oxygen atoms in total. The second-order valence-electron chi connectivity index (χ2n) is 7.30. The Morgan fingerprint density at radius 3 is 2.86 bits per heavy atom. The molecular formula is C21H17BrFN3O2. The first-order valence-corrected chi connectivity index (χ1v) is 10.1. The number of rotatable bonds is 3. The van der Waals surface area contributed by atoms with Gasteiger partial charge < -0.3 is 9.42 Å². The lowest BCUT2D eigenvalue weighted by molar-refractivity contribution is -0.117. The number of amides is 1. The molecule has 0 bridgehead atoms. The number of fused-ring (bicyclic) bond motifs is 1. The molecule has 5 rings (SSSR count). The summed E-state index contributed by atoms with van der Waals surface area (Å²) in [5.74, 6) is 0.392. The van der Waals surface area contributed by atoms with Crippen LogP contribution >= 0.6 is 15.9 Å². The van der Waals surface area contributed by atoms with Gasteiger partial charge >= 0.3 is 0 Å². The number of benzene rings is 2. The van der Waals surface area contributed by atoms with Gasteiger partial charge in [-0.05, 0) is 76.7 Å². The zero-order valence-electron chi connectivity index (χ0n) is 15.0. The van der Waals surface area contributed by atoms with Gasteiger partial charge in [0.15, 0.2) is 0 Å². The van der Waals surface area contributed by atoms with E-state index in [-0.39, 0.29) is 17.6 Å². The van der Waals surface area contributed by atoms with Crippen LogP contribution in [0, 0.1) is 5.82 Å². The molecule has 0 saturated carbocycles. The van der Waals surface area contributed by atoms with E-state index in [9.17, 15) is 9.18 Å². The predicted molar refractivity (Wildman–Crippen MR) is 106 cm³/mol. The zero-order valence-corrected chi connectivity index (χ0v) is 16.6. The predicted octanol–water partition coefficient (Wildman–Crippen LogP) is 4.65. The molecule has 142 valence electrons. The van der Waals surface area contributed by atoms with Gasteiger partial charge in [0, 0.05) is 24.2 Å². The summed E-state index contributed by atoms with van der Waals surface area (Å²) in [6.07, 6.45) is 3.72. The molecule has 2 aliphatic rings. The van der Waals surface area contributed by atoms with Crippen LogP contribution < -0.4 is 4.90 Å². The van der Waals surface area contributed by atoms with Crippen LogP contribution in [0.3, 0.4) is 0 Å². The van der Waals surface area contributed by atoms with E-state index in [1.807, 2.05) is 11.0 Å². The second kappa shape index (κ2) is 6.81. The average molecular weight is 442 g/mol. The smallest absolute Gasteiger partial charge is 0.232 e. The molecule has 1 atom stereocenters. The summed E-state index contributed by atoms with van der Waals surface area (Å²) in [5, 5.41) is 4.01. The highest BCUT2D eigenvalue weighted by Crippen LogP contribution is 2.34. The first-order valence-electron chi connectivity index (χ1n) is 9.29. The minimum absolute atomic E-state index is 0.0622. The third kappa shape index (κ3) is 3.03. The van der Waals surface area contributed by atoms with Gasteiger partial charge in [0.2, 0.25) is 17.6 Å². The Bertz CT molecular complexity index is 1080. The van der Waals surface area contributed by atoms with Crippen molar-refractivity contribution >= 4 is 27.5 Å². The summed E-state index contributed by atoms with van der Waals surface area (Å²) in [4.78, 5) is 18.9. The van der Waals surface area contributed by atoms with Crippen molar-refractivity contribution in [1.82, 2.24) is 10.1 Å². The standard InChI is InChI=1S/C21H17BrFN3O2/c22-17-9-14(5-7-18(17)23)20-24-21(28-25-20)15-10-19(27)26(11-15)16-6-4-12-2-1-3-13(12)8-16/h4-9,15H,1-3,10-11H2. The zero-order chi connectivity index (χ0) is 19.3. The van der Waals surface area contributed by atoms with Gasteiger partial charge in [0.05, 0.1) is 10.4 Å². The van der Waals surface area contributed by atoms with Crippen molar-refractivity contribution in [2.45, 2.75) is 31.6 Å². The van der Waals surface area contributed by atoms with E-state index in [0.717, 1.165) is 18.5 Å². The van der Waals surface area contributed by atoms with E-state index in [4.69, 9.17) is 4.52 Å². The molecule has 0 spiro atoms. The summed E-state index contributed by atoms with van der Waals surface area (Å²) in [7, 11) is 0. The minimum Gasteiger partial charge on any atom is -0.339 e. The fraction of sp³-hybridized carbons (Fsp3) is 0.286. The third-order valence-electron chi connectivity index (χ3n) is 5.49. The lowest BCUT2D eigenvalue weighted by atomic mass is 10.1. The molecule has 0 N–H and O–H groups in total. The maximum Gasteiger partial charge on any atom is 0.232 e. The van der Waals surface area contributed by atoms with Gasteiger partial charge in [0.1, 0.15) is 5.82 Å². The number of halogens is 2. The van der Waals surface area contributed by atoms with E-state index in [0.29, 0.717) is 34.7 Å². The van der Waals surface area contributed by atoms with Gasteiger partial charge in [-0.2, -0.15) is 4.98 Å². The molecule has 0 radical (unpaired) electrons. The highest BCUT2D eigenvalue weighted by Gasteiger charge is 2.35. The van der Waals surface area contributed by atoms with Crippen LogP contribution in [0.15, 0.2) is 45.4 Å². The molecule has 1 amide bonds. The topological polar surface area (TPSA) is 59.2 Å². The molecule has 1 saturated heterocycles. The summed E-state index contributed by atoms with van der Waals surface area (Å²) in [6, 6.07) is 10.9. The molecule has 1 fully saturated rings. The van der Waals surface area contributed by atoms with E-state index in [1.165, 1.54) is 23.6 Å². The van der Waals surface area contributed by atoms with Crippen molar-refractivity contribution in [1.29, 1.82) is 0 Å². The van der Waals surface area contributed by atoms with Crippen LogP contribution in [-0.2, 0) is 17.6 Å². The number of hydrogen-bond acceptors (Lipinski definition) is 4. The SMILES string of the molecule is O=C1CC(c2nc(-c3ccc(F)c(Br)c3)no2)CN1c1ccc2c(c1)CCC2. The summed E-state index contributed by atoms with van der Waals surface area (Å²) in [5.41, 5.74) is 4.33. The third-order valence-corrected chi connectivity index (χ3v) is 6.10. The highest BCUT2D eigenvalue weighted by molar-refractivity contribution is 9.10. The largest absolute Gasteiger partial charge is 0.339 e. The lowest BCUT2D eigenvalue weighted by Gasteiger charge is -2.17. The Kier molecular flexibility index (Phi) is 4.27. The highest BCUT2D eigenvalue weighted by atomic mass is 79.9. The molecule has 1 unspecified atom stereocenters. The minimum atomic E-state index is -0.348. The van der Waals surface area contributed by atoms with E-state index < -0.39 is 0 Å².